The lowest BCUT2D eigenvalue weighted by molar-refractivity contribution is 0.469. The largest absolute Gasteiger partial charge is 0.508 e. The fraction of sp³-hybridized carbons (Fsp3) is 0.250. The average Bonchev–Trinajstić information content (AvgIpc) is 2.66. The SMILES string of the molecule is Cc1ccc(O)c(CNc2ccn(C)n2)c1. The summed E-state index contributed by atoms with van der Waals surface area (Å²) in [7, 11) is 1.87. The van der Waals surface area contributed by atoms with Crippen LogP contribution in [0.25, 0.3) is 0 Å². The summed E-state index contributed by atoms with van der Waals surface area (Å²) in [6.07, 6.45) is 1.87. The van der Waals surface area contributed by atoms with Crippen LogP contribution >= 0.6 is 0 Å². The minimum Gasteiger partial charge on any atom is -0.508 e. The van der Waals surface area contributed by atoms with E-state index in [1.165, 1.54) is 0 Å². The van der Waals surface area contributed by atoms with Crippen LogP contribution in [0.1, 0.15) is 11.1 Å². The normalized spacial score (nSPS) is 10.4. The number of nitrogens with zero attached hydrogens (tertiary/aromatic N) is 2. The molecule has 0 fully saturated rings. The Labute approximate surface area is 94.5 Å². The first-order valence-corrected chi connectivity index (χ1v) is 5.17. The van der Waals surface area contributed by atoms with Crippen molar-refractivity contribution in [3.05, 3.63) is 41.6 Å². The Hall–Kier alpha value is -1.97. The summed E-state index contributed by atoms with van der Waals surface area (Å²) in [5.41, 5.74) is 2.02. The summed E-state index contributed by atoms with van der Waals surface area (Å²) < 4.78 is 1.73. The van der Waals surface area contributed by atoms with Gasteiger partial charge in [-0.05, 0) is 13.0 Å². The number of phenolic OH excluding ortho intramolecular Hbond substituents is 1. The van der Waals surface area contributed by atoms with Crippen LogP contribution in [0.15, 0.2) is 30.5 Å². The molecule has 0 amide bonds. The van der Waals surface area contributed by atoms with Gasteiger partial charge < -0.3 is 10.4 Å². The zero-order valence-electron chi connectivity index (χ0n) is 9.44. The van der Waals surface area contributed by atoms with Crippen molar-refractivity contribution < 1.29 is 5.11 Å². The van der Waals surface area contributed by atoms with E-state index in [1.54, 1.807) is 10.7 Å². The number of hydrogen-bond acceptors (Lipinski definition) is 3. The van der Waals surface area contributed by atoms with Gasteiger partial charge >= 0.3 is 0 Å². The molecule has 0 unspecified atom stereocenters. The number of phenols is 1. The fourth-order valence-corrected chi connectivity index (χ4v) is 1.55. The smallest absolute Gasteiger partial charge is 0.148 e. The molecular formula is C12H15N3O. The maximum Gasteiger partial charge on any atom is 0.148 e. The van der Waals surface area contributed by atoms with Gasteiger partial charge in [-0.3, -0.25) is 4.68 Å². The lowest BCUT2D eigenvalue weighted by Crippen LogP contribution is -2.01. The molecule has 16 heavy (non-hydrogen) atoms. The van der Waals surface area contributed by atoms with E-state index in [9.17, 15) is 5.11 Å². The van der Waals surface area contributed by atoms with Gasteiger partial charge in [-0.25, -0.2) is 0 Å². The van der Waals surface area contributed by atoms with Gasteiger partial charge in [0.1, 0.15) is 11.6 Å². The first-order valence-electron chi connectivity index (χ1n) is 5.17. The lowest BCUT2D eigenvalue weighted by Gasteiger charge is -2.06. The number of aromatic nitrogens is 2. The number of aromatic hydroxyl groups is 1. The number of benzene rings is 1. The van der Waals surface area contributed by atoms with E-state index in [-0.39, 0.29) is 0 Å². The maximum atomic E-state index is 9.65. The molecule has 0 spiro atoms. The zero-order chi connectivity index (χ0) is 11.5. The minimum atomic E-state index is 0.314. The summed E-state index contributed by atoms with van der Waals surface area (Å²) in [6.45, 7) is 2.58. The number of rotatable bonds is 3. The van der Waals surface area contributed by atoms with E-state index < -0.39 is 0 Å². The van der Waals surface area contributed by atoms with Gasteiger partial charge in [-0.15, -0.1) is 0 Å². The van der Waals surface area contributed by atoms with Crippen LogP contribution in [-0.4, -0.2) is 14.9 Å². The van der Waals surface area contributed by atoms with E-state index in [4.69, 9.17) is 0 Å². The second-order valence-corrected chi connectivity index (χ2v) is 3.86. The molecule has 0 bridgehead atoms. The number of anilines is 1. The molecule has 0 saturated carbocycles. The molecule has 0 aliphatic carbocycles. The van der Waals surface area contributed by atoms with Crippen LogP contribution in [-0.2, 0) is 13.6 Å². The number of aryl methyl sites for hydroxylation is 2. The number of nitrogens with one attached hydrogen (secondary N) is 1. The van der Waals surface area contributed by atoms with Crippen molar-refractivity contribution in [3.8, 4) is 5.75 Å². The molecule has 0 saturated heterocycles. The third kappa shape index (κ3) is 2.34. The van der Waals surface area contributed by atoms with Gasteiger partial charge in [0.15, 0.2) is 0 Å². The van der Waals surface area contributed by atoms with E-state index in [0.29, 0.717) is 12.3 Å². The Morgan fingerprint density at radius 1 is 1.38 bits per heavy atom. The summed E-state index contributed by atoms with van der Waals surface area (Å²) in [6, 6.07) is 7.46. The van der Waals surface area contributed by atoms with Crippen molar-refractivity contribution in [1.82, 2.24) is 9.78 Å². The van der Waals surface area contributed by atoms with Crippen molar-refractivity contribution in [2.24, 2.45) is 7.05 Å². The van der Waals surface area contributed by atoms with E-state index in [0.717, 1.165) is 16.9 Å². The lowest BCUT2D eigenvalue weighted by atomic mass is 10.1. The van der Waals surface area contributed by atoms with Crippen LogP contribution < -0.4 is 5.32 Å². The van der Waals surface area contributed by atoms with Gasteiger partial charge in [-0.1, -0.05) is 17.7 Å². The van der Waals surface area contributed by atoms with E-state index in [2.05, 4.69) is 10.4 Å². The van der Waals surface area contributed by atoms with Crippen LogP contribution in [0, 0.1) is 6.92 Å². The highest BCUT2D eigenvalue weighted by Gasteiger charge is 2.02. The Balaban J connectivity index is 2.07. The van der Waals surface area contributed by atoms with E-state index in [1.807, 2.05) is 38.4 Å². The van der Waals surface area contributed by atoms with Crippen molar-refractivity contribution in [1.29, 1.82) is 0 Å². The van der Waals surface area contributed by atoms with Crippen LogP contribution in [0.2, 0.25) is 0 Å². The first kappa shape index (κ1) is 10.5. The molecule has 1 heterocycles. The predicted molar refractivity (Wildman–Crippen MR) is 63.4 cm³/mol. The molecule has 1 aromatic carbocycles. The molecule has 2 N–H and O–H groups in total. The van der Waals surface area contributed by atoms with Crippen molar-refractivity contribution in [2.45, 2.75) is 13.5 Å². The highest BCUT2D eigenvalue weighted by Crippen LogP contribution is 2.19. The molecule has 1 aromatic heterocycles. The third-order valence-corrected chi connectivity index (χ3v) is 2.41. The molecular weight excluding hydrogens is 202 g/mol. The van der Waals surface area contributed by atoms with Crippen molar-refractivity contribution >= 4 is 5.82 Å². The molecule has 0 aliphatic heterocycles. The second-order valence-electron chi connectivity index (χ2n) is 3.86. The Bertz CT molecular complexity index is 491. The van der Waals surface area contributed by atoms with Gasteiger partial charge in [0, 0.05) is 31.4 Å². The van der Waals surface area contributed by atoms with Crippen LogP contribution in [0.4, 0.5) is 5.82 Å². The molecule has 84 valence electrons. The first-order chi connectivity index (χ1) is 7.65. The monoisotopic (exact) mass is 217 g/mol. The Morgan fingerprint density at radius 2 is 2.19 bits per heavy atom. The van der Waals surface area contributed by atoms with E-state index >= 15 is 0 Å². The van der Waals surface area contributed by atoms with Crippen LogP contribution in [0.5, 0.6) is 5.75 Å². The van der Waals surface area contributed by atoms with Gasteiger partial charge in [0.2, 0.25) is 0 Å². The van der Waals surface area contributed by atoms with Crippen molar-refractivity contribution in [3.63, 3.8) is 0 Å². The van der Waals surface area contributed by atoms with Gasteiger partial charge in [0.25, 0.3) is 0 Å². The molecule has 4 heteroatoms. The summed E-state index contributed by atoms with van der Waals surface area (Å²) in [5.74, 6) is 1.12. The third-order valence-electron chi connectivity index (χ3n) is 2.41. The molecule has 4 nitrogen and oxygen atoms in total. The molecule has 0 radical (unpaired) electrons. The Morgan fingerprint density at radius 3 is 2.88 bits per heavy atom. The van der Waals surface area contributed by atoms with Crippen LogP contribution in [0.3, 0.4) is 0 Å². The molecule has 0 aliphatic rings. The fourth-order valence-electron chi connectivity index (χ4n) is 1.55. The highest BCUT2D eigenvalue weighted by molar-refractivity contribution is 5.40. The summed E-state index contributed by atoms with van der Waals surface area (Å²) >= 11 is 0. The minimum absolute atomic E-state index is 0.314. The maximum absolute atomic E-state index is 9.65. The summed E-state index contributed by atoms with van der Waals surface area (Å²) in [4.78, 5) is 0. The molecule has 2 rings (SSSR count). The molecule has 2 aromatic rings. The average molecular weight is 217 g/mol. The topological polar surface area (TPSA) is 50.1 Å². The summed E-state index contributed by atoms with van der Waals surface area (Å²) in [5, 5.41) is 17.0. The van der Waals surface area contributed by atoms with Gasteiger partial charge in [0.05, 0.1) is 0 Å². The second kappa shape index (κ2) is 4.26. The zero-order valence-corrected chi connectivity index (χ0v) is 9.44. The Kier molecular flexibility index (Phi) is 2.81. The highest BCUT2D eigenvalue weighted by atomic mass is 16.3. The quantitative estimate of drug-likeness (QED) is 0.827. The predicted octanol–water partition coefficient (Wildman–Crippen LogP) is 2.05. The molecule has 0 atom stereocenters. The number of hydrogen-bond donors (Lipinski definition) is 2. The van der Waals surface area contributed by atoms with Crippen molar-refractivity contribution in [2.75, 3.05) is 5.32 Å². The van der Waals surface area contributed by atoms with Gasteiger partial charge in [-0.2, -0.15) is 5.10 Å². The standard InChI is InChI=1S/C12H15N3O/c1-9-3-4-11(16)10(7-9)8-13-12-5-6-15(2)14-12/h3-7,16H,8H2,1-2H3,(H,13,14).